The van der Waals surface area contributed by atoms with Crippen molar-refractivity contribution in [2.75, 3.05) is 13.1 Å². The van der Waals surface area contributed by atoms with Gasteiger partial charge in [0.1, 0.15) is 16.9 Å². The van der Waals surface area contributed by atoms with Crippen LogP contribution in [-0.2, 0) is 4.74 Å². The number of ether oxygens (including phenoxy) is 1. The Balaban J connectivity index is 1.34. The molecule has 0 radical (unpaired) electrons. The Hall–Kier alpha value is -1.97. The standard InChI is InChI=1S/C21H27NO3/c1-20(2,3)25-19(23)22-10-8-21(9-11-22)13-16(14-21)18-12-15-6-4-5-7-17(15)24-18/h4-7,12,16H,8-11,13-14H2,1-3H3. The van der Waals surface area contributed by atoms with Gasteiger partial charge in [-0.3, -0.25) is 0 Å². The van der Waals surface area contributed by atoms with E-state index < -0.39 is 5.60 Å². The molecule has 1 aliphatic heterocycles. The van der Waals surface area contributed by atoms with Gasteiger partial charge in [0.15, 0.2) is 0 Å². The van der Waals surface area contributed by atoms with E-state index in [1.165, 1.54) is 18.2 Å². The first-order valence-electron chi connectivity index (χ1n) is 9.30. The number of amides is 1. The van der Waals surface area contributed by atoms with Crippen LogP contribution >= 0.6 is 0 Å². The lowest BCUT2D eigenvalue weighted by atomic mass is 9.57. The number of benzene rings is 1. The number of hydrogen-bond donors (Lipinski definition) is 0. The summed E-state index contributed by atoms with van der Waals surface area (Å²) in [5.41, 5.74) is 0.954. The van der Waals surface area contributed by atoms with Crippen molar-refractivity contribution >= 4 is 17.1 Å². The Morgan fingerprint density at radius 3 is 2.52 bits per heavy atom. The van der Waals surface area contributed by atoms with Gasteiger partial charge in [0.05, 0.1) is 0 Å². The number of likely N-dealkylation sites (tertiary alicyclic amines) is 1. The molecule has 2 heterocycles. The summed E-state index contributed by atoms with van der Waals surface area (Å²) in [6.45, 7) is 7.37. The Labute approximate surface area is 149 Å². The van der Waals surface area contributed by atoms with Gasteiger partial charge >= 0.3 is 6.09 Å². The number of hydrogen-bond acceptors (Lipinski definition) is 3. The van der Waals surface area contributed by atoms with Crippen molar-refractivity contribution in [3.63, 3.8) is 0 Å². The highest BCUT2D eigenvalue weighted by Gasteiger charge is 2.48. The van der Waals surface area contributed by atoms with Crippen LogP contribution in [-0.4, -0.2) is 29.7 Å². The lowest BCUT2D eigenvalue weighted by Gasteiger charge is -2.51. The molecule has 2 fully saturated rings. The minimum Gasteiger partial charge on any atom is -0.461 e. The van der Waals surface area contributed by atoms with Crippen molar-refractivity contribution in [1.82, 2.24) is 4.90 Å². The van der Waals surface area contributed by atoms with Crippen molar-refractivity contribution in [2.45, 2.75) is 58.0 Å². The third-order valence-electron chi connectivity index (χ3n) is 5.68. The summed E-state index contributed by atoms with van der Waals surface area (Å²) in [6.07, 6.45) is 4.33. The normalized spacial score (nSPS) is 20.7. The fraction of sp³-hybridized carbons (Fsp3) is 0.571. The second-order valence-corrected chi connectivity index (χ2v) is 8.76. The predicted octanol–water partition coefficient (Wildman–Crippen LogP) is 5.33. The molecule has 1 aromatic heterocycles. The second kappa shape index (κ2) is 5.79. The molecule has 0 unspecified atom stereocenters. The highest BCUT2D eigenvalue weighted by molar-refractivity contribution is 5.77. The van der Waals surface area contributed by atoms with E-state index in [1.54, 1.807) is 0 Å². The lowest BCUT2D eigenvalue weighted by Crippen LogP contribution is -2.49. The molecular weight excluding hydrogens is 314 g/mol. The lowest BCUT2D eigenvalue weighted by molar-refractivity contribution is -0.0145. The first-order valence-corrected chi connectivity index (χ1v) is 9.30. The molecule has 2 aliphatic rings. The maximum absolute atomic E-state index is 12.2. The third kappa shape index (κ3) is 3.26. The first-order chi connectivity index (χ1) is 11.8. The van der Waals surface area contributed by atoms with Crippen LogP contribution < -0.4 is 0 Å². The summed E-state index contributed by atoms with van der Waals surface area (Å²) in [4.78, 5) is 14.1. The summed E-state index contributed by atoms with van der Waals surface area (Å²) in [6, 6.07) is 10.4. The van der Waals surface area contributed by atoms with E-state index in [4.69, 9.17) is 9.15 Å². The minimum atomic E-state index is -0.422. The van der Waals surface area contributed by atoms with Gasteiger partial charge in [0.25, 0.3) is 0 Å². The van der Waals surface area contributed by atoms with Crippen LogP contribution in [0.4, 0.5) is 4.79 Å². The smallest absolute Gasteiger partial charge is 0.410 e. The van der Waals surface area contributed by atoms with Crippen LogP contribution in [0.2, 0.25) is 0 Å². The van der Waals surface area contributed by atoms with Gasteiger partial charge in [0.2, 0.25) is 0 Å². The Kier molecular flexibility index (Phi) is 3.82. The zero-order chi connectivity index (χ0) is 17.7. The highest BCUT2D eigenvalue weighted by atomic mass is 16.6. The molecule has 4 nitrogen and oxygen atoms in total. The molecule has 1 saturated carbocycles. The molecule has 0 atom stereocenters. The predicted molar refractivity (Wildman–Crippen MR) is 97.7 cm³/mol. The van der Waals surface area contributed by atoms with Gasteiger partial charge in [-0.1, -0.05) is 18.2 Å². The van der Waals surface area contributed by atoms with Crippen molar-refractivity contribution in [2.24, 2.45) is 5.41 Å². The summed E-state index contributed by atoms with van der Waals surface area (Å²) in [5.74, 6) is 1.65. The van der Waals surface area contributed by atoms with Gasteiger partial charge in [-0.05, 0) is 64.0 Å². The molecule has 0 N–H and O–H groups in total. The highest BCUT2D eigenvalue weighted by Crippen LogP contribution is 2.57. The fourth-order valence-electron chi connectivity index (χ4n) is 4.29. The zero-order valence-electron chi connectivity index (χ0n) is 15.4. The monoisotopic (exact) mass is 341 g/mol. The van der Waals surface area contributed by atoms with Gasteiger partial charge in [-0.25, -0.2) is 4.79 Å². The van der Waals surface area contributed by atoms with Crippen LogP contribution in [0.5, 0.6) is 0 Å². The Morgan fingerprint density at radius 1 is 1.20 bits per heavy atom. The number of carbonyl (C=O) groups is 1. The van der Waals surface area contributed by atoms with Crippen LogP contribution in [0.25, 0.3) is 11.0 Å². The number of piperidine rings is 1. The number of nitrogens with zero attached hydrogens (tertiary/aromatic N) is 1. The first kappa shape index (κ1) is 16.5. The summed E-state index contributed by atoms with van der Waals surface area (Å²) < 4.78 is 11.5. The van der Waals surface area contributed by atoms with Gasteiger partial charge in [-0.15, -0.1) is 0 Å². The van der Waals surface area contributed by atoms with Crippen LogP contribution in [0.3, 0.4) is 0 Å². The van der Waals surface area contributed by atoms with Crippen molar-refractivity contribution in [3.05, 3.63) is 36.1 Å². The molecule has 1 aliphatic carbocycles. The molecule has 2 aromatic rings. The summed E-state index contributed by atoms with van der Waals surface area (Å²) >= 11 is 0. The molecule has 1 amide bonds. The van der Waals surface area contributed by atoms with Crippen LogP contribution in [0.1, 0.15) is 58.1 Å². The molecule has 1 spiro atoms. The molecule has 1 aromatic carbocycles. The van der Waals surface area contributed by atoms with Crippen LogP contribution in [0.15, 0.2) is 34.7 Å². The number of furan rings is 1. The van der Waals surface area contributed by atoms with E-state index in [0.717, 1.165) is 37.3 Å². The van der Waals surface area contributed by atoms with E-state index in [1.807, 2.05) is 37.8 Å². The number of rotatable bonds is 1. The third-order valence-corrected chi connectivity index (χ3v) is 5.68. The van der Waals surface area contributed by atoms with Crippen molar-refractivity contribution in [3.8, 4) is 0 Å². The van der Waals surface area contributed by atoms with Gasteiger partial charge < -0.3 is 14.1 Å². The topological polar surface area (TPSA) is 42.7 Å². The zero-order valence-corrected chi connectivity index (χ0v) is 15.4. The summed E-state index contributed by atoms with van der Waals surface area (Å²) in [7, 11) is 0. The molecule has 0 bridgehead atoms. The average molecular weight is 341 g/mol. The molecular formula is C21H27NO3. The van der Waals surface area contributed by atoms with E-state index >= 15 is 0 Å². The van der Waals surface area contributed by atoms with E-state index in [9.17, 15) is 4.79 Å². The molecule has 1 saturated heterocycles. The van der Waals surface area contributed by atoms with Gasteiger partial charge in [0, 0.05) is 24.4 Å². The van der Waals surface area contributed by atoms with Crippen LogP contribution in [0, 0.1) is 5.41 Å². The van der Waals surface area contributed by atoms with E-state index in [2.05, 4.69) is 18.2 Å². The fourth-order valence-corrected chi connectivity index (χ4v) is 4.29. The number of fused-ring (bicyclic) bond motifs is 1. The summed E-state index contributed by atoms with van der Waals surface area (Å²) in [5, 5.41) is 1.19. The van der Waals surface area contributed by atoms with Crippen molar-refractivity contribution < 1.29 is 13.9 Å². The number of para-hydroxylation sites is 1. The van der Waals surface area contributed by atoms with E-state index in [-0.39, 0.29) is 6.09 Å². The largest absolute Gasteiger partial charge is 0.461 e. The molecule has 134 valence electrons. The molecule has 4 heteroatoms. The second-order valence-electron chi connectivity index (χ2n) is 8.76. The molecule has 4 rings (SSSR count). The van der Waals surface area contributed by atoms with Gasteiger partial charge in [-0.2, -0.15) is 0 Å². The Bertz CT molecular complexity index is 737. The Morgan fingerprint density at radius 2 is 1.88 bits per heavy atom. The maximum atomic E-state index is 12.2. The SMILES string of the molecule is CC(C)(C)OC(=O)N1CCC2(CC1)CC(c1cc3ccccc3o1)C2. The number of carbonyl (C=O) groups excluding carboxylic acids is 1. The van der Waals surface area contributed by atoms with E-state index in [0.29, 0.717) is 11.3 Å². The maximum Gasteiger partial charge on any atom is 0.410 e. The quantitative estimate of drug-likeness (QED) is 0.704. The minimum absolute atomic E-state index is 0.171. The average Bonchev–Trinajstić information content (AvgIpc) is 2.94. The van der Waals surface area contributed by atoms with Crippen molar-refractivity contribution in [1.29, 1.82) is 0 Å². The molecule has 25 heavy (non-hydrogen) atoms.